The van der Waals surface area contributed by atoms with Gasteiger partial charge in [-0.05, 0) is 24.1 Å². The lowest BCUT2D eigenvalue weighted by molar-refractivity contribution is 0.593. The van der Waals surface area contributed by atoms with E-state index in [2.05, 4.69) is 9.97 Å². The number of pyridine rings is 1. The van der Waals surface area contributed by atoms with Gasteiger partial charge >= 0.3 is 0 Å². The topological polar surface area (TPSA) is 28.7 Å². The normalized spacial score (nSPS) is 16.1. The van der Waals surface area contributed by atoms with Crippen LogP contribution in [0.2, 0.25) is 0 Å². The van der Waals surface area contributed by atoms with Gasteiger partial charge in [0.2, 0.25) is 0 Å². The molecule has 0 unspecified atom stereocenters. The van der Waals surface area contributed by atoms with Crippen LogP contribution >= 0.6 is 0 Å². The number of hydrogen-bond acceptors (Lipinski definition) is 1. The monoisotopic (exact) mass is 214 g/mol. The van der Waals surface area contributed by atoms with Gasteiger partial charge < -0.3 is 4.98 Å². The zero-order valence-electron chi connectivity index (χ0n) is 8.70. The highest BCUT2D eigenvalue weighted by molar-refractivity contribution is 5.93. The summed E-state index contributed by atoms with van der Waals surface area (Å²) in [5.41, 5.74) is 2.41. The van der Waals surface area contributed by atoms with E-state index in [1.54, 1.807) is 6.20 Å². The summed E-state index contributed by atoms with van der Waals surface area (Å²) in [5, 5.41) is 0.971. The molecule has 2 heterocycles. The molecule has 16 heavy (non-hydrogen) atoms. The summed E-state index contributed by atoms with van der Waals surface area (Å²) >= 11 is 0. The summed E-state index contributed by atoms with van der Waals surface area (Å²) in [5.74, 6) is -0.0313. The van der Waals surface area contributed by atoms with Crippen molar-refractivity contribution in [2.75, 3.05) is 0 Å². The van der Waals surface area contributed by atoms with E-state index in [0.29, 0.717) is 12.0 Å². The van der Waals surface area contributed by atoms with Crippen LogP contribution in [0, 0.1) is 0 Å². The largest absolute Gasteiger partial charge is 0.346 e. The number of nitrogens with zero attached hydrogens (tertiary/aromatic N) is 1. The molecule has 2 nitrogen and oxygen atoms in total. The third kappa shape index (κ3) is 1.36. The SMILES string of the molecule is FC1=C(c2ccnc3[nH]ccc23)C=CCC1. The first-order valence-corrected chi connectivity index (χ1v) is 5.34. The number of rotatable bonds is 1. The van der Waals surface area contributed by atoms with E-state index in [4.69, 9.17) is 0 Å². The molecular weight excluding hydrogens is 203 g/mol. The molecule has 3 rings (SSSR count). The molecule has 1 aliphatic rings. The summed E-state index contributed by atoms with van der Waals surface area (Å²) in [7, 11) is 0. The molecule has 3 heteroatoms. The summed E-state index contributed by atoms with van der Waals surface area (Å²) in [6.07, 6.45) is 8.69. The van der Waals surface area contributed by atoms with Gasteiger partial charge in [0.05, 0.1) is 0 Å². The molecule has 0 aromatic carbocycles. The summed E-state index contributed by atoms with van der Waals surface area (Å²) in [6, 6.07) is 3.79. The van der Waals surface area contributed by atoms with Crippen LogP contribution in [0.15, 0.2) is 42.5 Å². The molecular formula is C13H11FN2. The minimum atomic E-state index is -0.0313. The molecule has 2 aromatic heterocycles. The van der Waals surface area contributed by atoms with E-state index < -0.39 is 0 Å². The van der Waals surface area contributed by atoms with Crippen molar-refractivity contribution in [2.45, 2.75) is 12.8 Å². The average Bonchev–Trinajstić information content (AvgIpc) is 2.77. The second-order valence-corrected chi connectivity index (χ2v) is 3.86. The average molecular weight is 214 g/mol. The number of allylic oxidation sites excluding steroid dienone is 4. The third-order valence-corrected chi connectivity index (χ3v) is 2.86. The minimum Gasteiger partial charge on any atom is -0.346 e. The quantitative estimate of drug-likeness (QED) is 0.772. The van der Waals surface area contributed by atoms with Crippen molar-refractivity contribution in [3.63, 3.8) is 0 Å². The molecule has 0 fully saturated rings. The Hall–Kier alpha value is -1.90. The van der Waals surface area contributed by atoms with Crippen LogP contribution in [0.3, 0.4) is 0 Å². The van der Waals surface area contributed by atoms with Gasteiger partial charge in [-0.15, -0.1) is 0 Å². The summed E-state index contributed by atoms with van der Waals surface area (Å²) in [6.45, 7) is 0. The molecule has 0 aliphatic heterocycles. The van der Waals surface area contributed by atoms with Gasteiger partial charge in [0.25, 0.3) is 0 Å². The van der Waals surface area contributed by atoms with Crippen molar-refractivity contribution in [3.8, 4) is 0 Å². The van der Waals surface area contributed by atoms with E-state index in [1.807, 2.05) is 30.5 Å². The standard InChI is InChI=1S/C13H11FN2/c14-12-4-2-1-3-10(12)9-5-7-15-13-11(9)6-8-16-13/h1,3,5-8H,2,4H2,(H,15,16). The lowest BCUT2D eigenvalue weighted by Gasteiger charge is -2.10. The highest BCUT2D eigenvalue weighted by atomic mass is 19.1. The zero-order chi connectivity index (χ0) is 11.0. The van der Waals surface area contributed by atoms with Crippen molar-refractivity contribution in [3.05, 3.63) is 48.1 Å². The number of hydrogen-bond donors (Lipinski definition) is 1. The number of halogens is 1. The van der Waals surface area contributed by atoms with Crippen molar-refractivity contribution in [2.24, 2.45) is 0 Å². The van der Waals surface area contributed by atoms with Crippen LogP contribution in [0.5, 0.6) is 0 Å². The molecule has 1 N–H and O–H groups in total. The number of H-pyrrole nitrogens is 1. The van der Waals surface area contributed by atoms with Crippen molar-refractivity contribution < 1.29 is 4.39 Å². The van der Waals surface area contributed by atoms with E-state index >= 15 is 0 Å². The molecule has 0 amide bonds. The Morgan fingerprint density at radius 3 is 3.12 bits per heavy atom. The maximum Gasteiger partial charge on any atom is 0.137 e. The van der Waals surface area contributed by atoms with Crippen LogP contribution in [0.25, 0.3) is 16.6 Å². The van der Waals surface area contributed by atoms with Gasteiger partial charge in [-0.2, -0.15) is 0 Å². The fourth-order valence-corrected chi connectivity index (χ4v) is 2.07. The Balaban J connectivity index is 2.26. The highest BCUT2D eigenvalue weighted by Gasteiger charge is 2.13. The third-order valence-electron chi connectivity index (χ3n) is 2.86. The highest BCUT2D eigenvalue weighted by Crippen LogP contribution is 2.31. The van der Waals surface area contributed by atoms with E-state index in [9.17, 15) is 4.39 Å². The van der Waals surface area contributed by atoms with Gasteiger partial charge in [0.15, 0.2) is 0 Å². The fourth-order valence-electron chi connectivity index (χ4n) is 2.07. The van der Waals surface area contributed by atoms with Crippen LogP contribution in [0.4, 0.5) is 4.39 Å². The second-order valence-electron chi connectivity index (χ2n) is 3.86. The van der Waals surface area contributed by atoms with Crippen molar-refractivity contribution in [1.82, 2.24) is 9.97 Å². The Kier molecular flexibility index (Phi) is 2.10. The van der Waals surface area contributed by atoms with Gasteiger partial charge in [-0.3, -0.25) is 0 Å². The van der Waals surface area contributed by atoms with Crippen molar-refractivity contribution >= 4 is 16.6 Å². The Morgan fingerprint density at radius 1 is 1.31 bits per heavy atom. The molecule has 0 atom stereocenters. The number of aromatic nitrogens is 2. The molecule has 0 bridgehead atoms. The smallest absolute Gasteiger partial charge is 0.137 e. The molecule has 0 radical (unpaired) electrons. The predicted octanol–water partition coefficient (Wildman–Crippen LogP) is 3.59. The van der Waals surface area contributed by atoms with E-state index in [1.165, 1.54) is 0 Å². The first-order chi connectivity index (χ1) is 7.86. The maximum absolute atomic E-state index is 13.8. The molecule has 0 saturated carbocycles. The number of aromatic amines is 1. The lowest BCUT2D eigenvalue weighted by atomic mass is 9.97. The summed E-state index contributed by atoms with van der Waals surface area (Å²) < 4.78 is 13.8. The molecule has 0 saturated heterocycles. The molecule has 2 aromatic rings. The van der Waals surface area contributed by atoms with Crippen LogP contribution in [0.1, 0.15) is 18.4 Å². The number of fused-ring (bicyclic) bond motifs is 1. The lowest BCUT2D eigenvalue weighted by Crippen LogP contribution is -1.92. The summed E-state index contributed by atoms with van der Waals surface area (Å²) in [4.78, 5) is 7.23. The maximum atomic E-state index is 13.8. The molecule has 80 valence electrons. The first kappa shape index (κ1) is 9.33. The van der Waals surface area contributed by atoms with Gasteiger partial charge in [0, 0.05) is 29.8 Å². The molecule has 0 spiro atoms. The number of nitrogens with one attached hydrogen (secondary N) is 1. The minimum absolute atomic E-state index is 0.0313. The van der Waals surface area contributed by atoms with Gasteiger partial charge in [-0.1, -0.05) is 12.2 Å². The van der Waals surface area contributed by atoms with Gasteiger partial charge in [-0.25, -0.2) is 9.37 Å². The Labute approximate surface area is 92.5 Å². The Morgan fingerprint density at radius 2 is 2.25 bits per heavy atom. The van der Waals surface area contributed by atoms with Gasteiger partial charge in [0.1, 0.15) is 11.5 Å². The first-order valence-electron chi connectivity index (χ1n) is 5.34. The zero-order valence-corrected chi connectivity index (χ0v) is 8.70. The molecule has 1 aliphatic carbocycles. The van der Waals surface area contributed by atoms with Crippen LogP contribution in [-0.4, -0.2) is 9.97 Å². The van der Waals surface area contributed by atoms with E-state index in [-0.39, 0.29) is 5.83 Å². The van der Waals surface area contributed by atoms with E-state index in [0.717, 1.165) is 23.0 Å². The van der Waals surface area contributed by atoms with Crippen LogP contribution < -0.4 is 0 Å². The second kappa shape index (κ2) is 3.59. The Bertz CT molecular complexity index is 593. The van der Waals surface area contributed by atoms with Crippen LogP contribution in [-0.2, 0) is 0 Å². The fraction of sp³-hybridized carbons (Fsp3) is 0.154. The van der Waals surface area contributed by atoms with Crippen molar-refractivity contribution in [1.29, 1.82) is 0 Å². The predicted molar refractivity (Wildman–Crippen MR) is 62.5 cm³/mol.